The van der Waals surface area contributed by atoms with Crippen LogP contribution in [0.2, 0.25) is 0 Å². The van der Waals surface area contributed by atoms with Crippen molar-refractivity contribution in [2.75, 3.05) is 30.9 Å². The van der Waals surface area contributed by atoms with Gasteiger partial charge in [-0.25, -0.2) is 14.2 Å². The van der Waals surface area contributed by atoms with Crippen molar-refractivity contribution in [3.63, 3.8) is 0 Å². The van der Waals surface area contributed by atoms with Crippen molar-refractivity contribution in [3.8, 4) is 0 Å². The second kappa shape index (κ2) is 9.54. The van der Waals surface area contributed by atoms with Crippen molar-refractivity contribution in [1.29, 1.82) is 0 Å². The highest BCUT2D eigenvalue weighted by Gasteiger charge is 2.19. The fourth-order valence-corrected chi connectivity index (χ4v) is 3.45. The van der Waals surface area contributed by atoms with Gasteiger partial charge in [-0.15, -0.1) is 11.8 Å². The Morgan fingerprint density at radius 3 is 2.77 bits per heavy atom. The van der Waals surface area contributed by atoms with E-state index >= 15 is 0 Å². The van der Waals surface area contributed by atoms with Gasteiger partial charge in [0.15, 0.2) is 0 Å². The number of ether oxygens (including phenoxy) is 1. The summed E-state index contributed by atoms with van der Waals surface area (Å²) in [5.41, 5.74) is 1.70. The lowest BCUT2D eigenvalue weighted by atomic mass is 10.1. The van der Waals surface area contributed by atoms with Crippen LogP contribution in [0.4, 0.5) is 10.2 Å². The van der Waals surface area contributed by atoms with Gasteiger partial charge in [-0.3, -0.25) is 0 Å². The number of anilines is 1. The molecule has 0 spiro atoms. The number of aryl methyl sites for hydroxylation is 1. The number of hydrogen-bond donors (Lipinski definition) is 1. The van der Waals surface area contributed by atoms with E-state index in [-0.39, 0.29) is 11.4 Å². The molecule has 1 aromatic carbocycles. The fraction of sp³-hybridized carbons (Fsp3) is 0.368. The number of thioether (sulfide) groups is 1. The highest BCUT2D eigenvalue weighted by atomic mass is 32.2. The molecule has 5 nitrogen and oxygen atoms in total. The van der Waals surface area contributed by atoms with Gasteiger partial charge in [0.2, 0.25) is 0 Å². The molecule has 7 heteroatoms. The van der Waals surface area contributed by atoms with E-state index in [1.807, 2.05) is 17.9 Å². The number of halogens is 1. The first-order valence-corrected chi connectivity index (χ1v) is 9.30. The van der Waals surface area contributed by atoms with Crippen LogP contribution in [0, 0.1) is 12.7 Å². The summed E-state index contributed by atoms with van der Waals surface area (Å²) in [6.45, 7) is 5.21. The van der Waals surface area contributed by atoms with Gasteiger partial charge in [-0.2, -0.15) is 0 Å². The van der Waals surface area contributed by atoms with Crippen LogP contribution in [-0.2, 0) is 11.3 Å². The minimum absolute atomic E-state index is 0.234. The number of rotatable bonds is 9. The van der Waals surface area contributed by atoms with Crippen LogP contribution in [0.1, 0.15) is 28.4 Å². The van der Waals surface area contributed by atoms with Gasteiger partial charge in [-0.1, -0.05) is 19.1 Å². The maximum absolute atomic E-state index is 13.5. The standard InChI is InChI=1S/C19H23FN2O3S/c1-4-26-18-17(19(23)24)13(2)10-16(21-18)22(8-9-25-3)12-14-6-5-7-15(20)11-14/h5-7,10-11H,4,8-9,12H2,1-3H3,(H,23,24). The van der Waals surface area contributed by atoms with Gasteiger partial charge >= 0.3 is 5.97 Å². The summed E-state index contributed by atoms with van der Waals surface area (Å²) < 4.78 is 18.7. The fourth-order valence-electron chi connectivity index (χ4n) is 2.62. The van der Waals surface area contributed by atoms with Crippen LogP contribution in [0.5, 0.6) is 0 Å². The highest BCUT2D eigenvalue weighted by molar-refractivity contribution is 7.99. The lowest BCUT2D eigenvalue weighted by Gasteiger charge is -2.25. The Balaban J connectivity index is 2.41. The topological polar surface area (TPSA) is 62.7 Å². The van der Waals surface area contributed by atoms with Crippen LogP contribution in [0.15, 0.2) is 35.4 Å². The maximum atomic E-state index is 13.5. The summed E-state index contributed by atoms with van der Waals surface area (Å²) in [5.74, 6) is 0.107. The van der Waals surface area contributed by atoms with Gasteiger partial charge in [0.05, 0.1) is 12.2 Å². The van der Waals surface area contributed by atoms with Crippen LogP contribution < -0.4 is 4.90 Å². The Hall–Kier alpha value is -2.12. The molecule has 1 N–H and O–H groups in total. The zero-order valence-electron chi connectivity index (χ0n) is 15.2. The summed E-state index contributed by atoms with van der Waals surface area (Å²) in [6, 6.07) is 8.17. The molecule has 140 valence electrons. The number of carbonyl (C=O) groups is 1. The third-order valence-corrected chi connectivity index (χ3v) is 4.67. The van der Waals surface area contributed by atoms with Crippen LogP contribution in [-0.4, -0.2) is 42.1 Å². The molecule has 2 aromatic rings. The van der Waals surface area contributed by atoms with E-state index in [0.717, 1.165) is 11.3 Å². The quantitative estimate of drug-likeness (QED) is 0.666. The number of methoxy groups -OCH3 is 1. The van der Waals surface area contributed by atoms with E-state index in [1.54, 1.807) is 26.2 Å². The lowest BCUT2D eigenvalue weighted by molar-refractivity contribution is 0.0691. The van der Waals surface area contributed by atoms with Gasteiger partial charge in [-0.05, 0) is 42.0 Å². The second-order valence-corrected chi connectivity index (χ2v) is 7.01. The Labute approximate surface area is 157 Å². The molecule has 0 amide bonds. The van der Waals surface area contributed by atoms with Crippen molar-refractivity contribution in [2.45, 2.75) is 25.4 Å². The summed E-state index contributed by atoms with van der Waals surface area (Å²) in [5, 5.41) is 9.98. The van der Waals surface area contributed by atoms with Crippen LogP contribution >= 0.6 is 11.8 Å². The number of carboxylic acids is 1. The zero-order chi connectivity index (χ0) is 19.1. The molecule has 0 aliphatic rings. The molecule has 0 aliphatic heterocycles. The molecule has 0 fully saturated rings. The SMILES string of the molecule is CCSc1nc(N(CCOC)Cc2cccc(F)c2)cc(C)c1C(=O)O. The first-order valence-electron chi connectivity index (χ1n) is 8.32. The monoisotopic (exact) mass is 378 g/mol. The minimum Gasteiger partial charge on any atom is -0.478 e. The first-order chi connectivity index (χ1) is 12.5. The third kappa shape index (κ3) is 5.19. The van der Waals surface area contributed by atoms with E-state index in [0.29, 0.717) is 36.1 Å². The van der Waals surface area contributed by atoms with Crippen molar-refractivity contribution in [1.82, 2.24) is 4.98 Å². The number of carboxylic acid groups (broad SMARTS) is 1. The van der Waals surface area contributed by atoms with Crippen molar-refractivity contribution >= 4 is 23.5 Å². The number of pyridine rings is 1. The molecular formula is C19H23FN2O3S. The van der Waals surface area contributed by atoms with Crippen LogP contribution in [0.25, 0.3) is 0 Å². The van der Waals surface area contributed by atoms with E-state index in [9.17, 15) is 14.3 Å². The molecule has 0 saturated carbocycles. The number of nitrogens with zero attached hydrogens (tertiary/aromatic N) is 2. The number of aromatic nitrogens is 1. The number of hydrogen-bond acceptors (Lipinski definition) is 5. The Bertz CT molecular complexity index is 770. The average Bonchev–Trinajstić information content (AvgIpc) is 2.58. The maximum Gasteiger partial charge on any atom is 0.338 e. The van der Waals surface area contributed by atoms with Gasteiger partial charge in [0.25, 0.3) is 0 Å². The molecule has 0 aliphatic carbocycles. The second-order valence-electron chi connectivity index (χ2n) is 5.76. The van der Waals surface area contributed by atoms with Gasteiger partial charge < -0.3 is 14.7 Å². The Kier molecular flexibility index (Phi) is 7.41. The van der Waals surface area contributed by atoms with E-state index in [4.69, 9.17) is 4.74 Å². The summed E-state index contributed by atoms with van der Waals surface area (Å²) >= 11 is 1.40. The molecule has 0 radical (unpaired) electrons. The van der Waals surface area contributed by atoms with Gasteiger partial charge in [0.1, 0.15) is 16.7 Å². The average molecular weight is 378 g/mol. The zero-order valence-corrected chi connectivity index (χ0v) is 16.0. The summed E-state index contributed by atoms with van der Waals surface area (Å²) in [7, 11) is 1.62. The molecule has 0 unspecified atom stereocenters. The molecule has 1 aromatic heterocycles. The lowest BCUT2D eigenvalue weighted by Crippen LogP contribution is -2.28. The number of aromatic carboxylic acids is 1. The van der Waals surface area contributed by atoms with Crippen molar-refractivity contribution < 1.29 is 19.0 Å². The normalized spacial score (nSPS) is 10.8. The van der Waals surface area contributed by atoms with E-state index in [1.165, 1.54) is 23.9 Å². The molecule has 1 heterocycles. The smallest absolute Gasteiger partial charge is 0.338 e. The molecule has 26 heavy (non-hydrogen) atoms. The summed E-state index contributed by atoms with van der Waals surface area (Å²) in [6.07, 6.45) is 0. The highest BCUT2D eigenvalue weighted by Crippen LogP contribution is 2.28. The van der Waals surface area contributed by atoms with Crippen LogP contribution in [0.3, 0.4) is 0 Å². The molecule has 0 saturated heterocycles. The first kappa shape index (κ1) is 20.2. The molecule has 0 bridgehead atoms. The molecular weight excluding hydrogens is 355 g/mol. The molecule has 0 atom stereocenters. The predicted molar refractivity (Wildman–Crippen MR) is 102 cm³/mol. The van der Waals surface area contributed by atoms with E-state index < -0.39 is 5.97 Å². The Morgan fingerprint density at radius 1 is 1.38 bits per heavy atom. The Morgan fingerprint density at radius 2 is 2.15 bits per heavy atom. The van der Waals surface area contributed by atoms with E-state index in [2.05, 4.69) is 4.98 Å². The minimum atomic E-state index is -0.980. The summed E-state index contributed by atoms with van der Waals surface area (Å²) in [4.78, 5) is 18.1. The van der Waals surface area contributed by atoms with Gasteiger partial charge in [0, 0.05) is 20.2 Å². The van der Waals surface area contributed by atoms with Crippen molar-refractivity contribution in [3.05, 3.63) is 52.8 Å². The third-order valence-electron chi connectivity index (χ3n) is 3.82. The largest absolute Gasteiger partial charge is 0.478 e. The number of benzene rings is 1. The van der Waals surface area contributed by atoms with Crippen molar-refractivity contribution in [2.24, 2.45) is 0 Å². The molecule has 2 rings (SSSR count). The predicted octanol–water partition coefficient (Wildman–Crippen LogP) is 3.99.